The van der Waals surface area contributed by atoms with Gasteiger partial charge in [-0.2, -0.15) is 0 Å². The Balaban J connectivity index is 0.000000192. The summed E-state index contributed by atoms with van der Waals surface area (Å²) in [5.41, 5.74) is 9.01. The van der Waals surface area contributed by atoms with Gasteiger partial charge in [-0.1, -0.05) is 112 Å². The lowest BCUT2D eigenvalue weighted by molar-refractivity contribution is 1.29. The molecule has 0 aliphatic carbocycles. The summed E-state index contributed by atoms with van der Waals surface area (Å²) in [6.45, 7) is 6.35. The van der Waals surface area contributed by atoms with Crippen molar-refractivity contribution in [1.29, 1.82) is 0 Å². The van der Waals surface area contributed by atoms with Crippen molar-refractivity contribution in [2.75, 3.05) is 0 Å². The molecule has 140 valence electrons. The monoisotopic (exact) mass is 428 g/mol. The molecule has 0 fully saturated rings. The highest BCUT2D eigenvalue weighted by molar-refractivity contribution is 9.10. The van der Waals surface area contributed by atoms with Crippen LogP contribution >= 0.6 is 15.9 Å². The van der Waals surface area contributed by atoms with Crippen molar-refractivity contribution < 1.29 is 0 Å². The van der Waals surface area contributed by atoms with Crippen LogP contribution in [0.15, 0.2) is 102 Å². The summed E-state index contributed by atoms with van der Waals surface area (Å²) < 4.78 is 1.23. The Hall–Kier alpha value is -2.64. The molecule has 0 saturated carbocycles. The fraction of sp³-hybridized carbons (Fsp3) is 0.111. The van der Waals surface area contributed by atoms with E-state index in [0.29, 0.717) is 0 Å². The Morgan fingerprint density at radius 3 is 1.29 bits per heavy atom. The second kappa shape index (κ2) is 9.52. The van der Waals surface area contributed by atoms with E-state index in [1.54, 1.807) is 0 Å². The van der Waals surface area contributed by atoms with Crippen LogP contribution in [0.1, 0.15) is 16.7 Å². The van der Waals surface area contributed by atoms with E-state index in [-0.39, 0.29) is 0 Å². The van der Waals surface area contributed by atoms with Gasteiger partial charge in [0.2, 0.25) is 0 Å². The third-order valence-electron chi connectivity index (χ3n) is 4.66. The van der Waals surface area contributed by atoms with Gasteiger partial charge in [0.1, 0.15) is 0 Å². The quantitative estimate of drug-likeness (QED) is 0.300. The van der Waals surface area contributed by atoms with Gasteiger partial charge in [-0.15, -0.1) is 0 Å². The highest BCUT2D eigenvalue weighted by Crippen LogP contribution is 2.26. The predicted octanol–water partition coefficient (Wildman–Crippen LogP) is 8.39. The van der Waals surface area contributed by atoms with E-state index in [4.69, 9.17) is 0 Å². The molecular weight excluding hydrogens is 404 g/mol. The van der Waals surface area contributed by atoms with Crippen LogP contribution in [-0.2, 0) is 0 Å². The molecule has 0 N–H and O–H groups in total. The molecule has 1 heteroatoms. The minimum atomic E-state index is 1.23. The van der Waals surface area contributed by atoms with Gasteiger partial charge < -0.3 is 0 Å². The molecule has 4 aromatic carbocycles. The lowest BCUT2D eigenvalue weighted by atomic mass is 9.99. The number of rotatable bonds is 2. The lowest BCUT2D eigenvalue weighted by Crippen LogP contribution is -1.82. The molecule has 0 saturated heterocycles. The van der Waals surface area contributed by atoms with Crippen LogP contribution in [0, 0.1) is 20.8 Å². The molecular formula is C27H25Br. The van der Waals surface area contributed by atoms with E-state index in [1.165, 1.54) is 43.4 Å². The maximum absolute atomic E-state index is 3.51. The van der Waals surface area contributed by atoms with Crippen molar-refractivity contribution >= 4 is 15.9 Å². The Labute approximate surface area is 177 Å². The summed E-state index contributed by atoms with van der Waals surface area (Å²) >= 11 is 3.51. The molecule has 0 unspecified atom stereocenters. The van der Waals surface area contributed by atoms with Crippen molar-refractivity contribution in [3.05, 3.63) is 118 Å². The van der Waals surface area contributed by atoms with E-state index >= 15 is 0 Å². The molecule has 0 amide bonds. The van der Waals surface area contributed by atoms with E-state index in [1.807, 2.05) is 12.1 Å². The second-order valence-electron chi connectivity index (χ2n) is 7.03. The zero-order valence-electron chi connectivity index (χ0n) is 16.6. The zero-order valence-corrected chi connectivity index (χ0v) is 18.2. The summed E-state index contributed by atoms with van der Waals surface area (Å²) in [6, 6.07) is 34.0. The summed E-state index contributed by atoms with van der Waals surface area (Å²) in [5.74, 6) is 0. The second-order valence-corrected chi connectivity index (χ2v) is 7.82. The van der Waals surface area contributed by atoms with E-state index in [2.05, 4.69) is 122 Å². The number of aryl methyl sites for hydroxylation is 3. The molecule has 0 heterocycles. The van der Waals surface area contributed by atoms with Gasteiger partial charge in [0, 0.05) is 4.47 Å². The van der Waals surface area contributed by atoms with Gasteiger partial charge in [0.25, 0.3) is 0 Å². The fourth-order valence-corrected chi connectivity index (χ4v) is 3.53. The van der Waals surface area contributed by atoms with Crippen molar-refractivity contribution in [3.63, 3.8) is 0 Å². The SMILES string of the molecule is Cc1cc(C)c(Br)c(C)c1.c1ccc(-c2cccc(-c3ccccc3)c2)cc1. The predicted molar refractivity (Wildman–Crippen MR) is 126 cm³/mol. The molecule has 28 heavy (non-hydrogen) atoms. The van der Waals surface area contributed by atoms with Crippen molar-refractivity contribution in [1.82, 2.24) is 0 Å². The maximum atomic E-state index is 3.51. The van der Waals surface area contributed by atoms with Crippen molar-refractivity contribution in [3.8, 4) is 22.3 Å². The maximum Gasteiger partial charge on any atom is 0.0233 e. The molecule has 0 bridgehead atoms. The summed E-state index contributed by atoms with van der Waals surface area (Å²) in [7, 11) is 0. The molecule has 0 aliphatic rings. The molecule has 4 aromatic rings. The standard InChI is InChI=1S/C18H14.C9H11Br/c1-3-8-15(9-4-1)17-12-7-13-18(14-17)16-10-5-2-6-11-16;1-6-4-7(2)9(10)8(3)5-6/h1-14H;4-5H,1-3H3. The van der Waals surface area contributed by atoms with Gasteiger partial charge in [0.05, 0.1) is 0 Å². The molecule has 0 nitrogen and oxygen atoms in total. The molecule has 0 aliphatic heterocycles. The minimum Gasteiger partial charge on any atom is -0.0622 e. The number of hydrogen-bond donors (Lipinski definition) is 0. The van der Waals surface area contributed by atoms with Crippen molar-refractivity contribution in [2.45, 2.75) is 20.8 Å². The van der Waals surface area contributed by atoms with Crippen LogP contribution < -0.4 is 0 Å². The summed E-state index contributed by atoms with van der Waals surface area (Å²) in [6.07, 6.45) is 0. The highest BCUT2D eigenvalue weighted by Gasteiger charge is 2.00. The van der Waals surface area contributed by atoms with Gasteiger partial charge >= 0.3 is 0 Å². The van der Waals surface area contributed by atoms with Crippen LogP contribution in [0.25, 0.3) is 22.3 Å². The molecule has 0 aromatic heterocycles. The van der Waals surface area contributed by atoms with Gasteiger partial charge in [-0.25, -0.2) is 0 Å². The Kier molecular flexibility index (Phi) is 6.84. The normalized spacial score (nSPS) is 10.1. The van der Waals surface area contributed by atoms with Crippen LogP contribution in [0.5, 0.6) is 0 Å². The molecule has 0 radical (unpaired) electrons. The third-order valence-corrected chi connectivity index (χ3v) is 5.91. The van der Waals surface area contributed by atoms with Crippen molar-refractivity contribution in [2.24, 2.45) is 0 Å². The first-order valence-electron chi connectivity index (χ1n) is 9.49. The molecule has 0 spiro atoms. The average Bonchev–Trinajstić information content (AvgIpc) is 2.74. The number of hydrogen-bond acceptors (Lipinski definition) is 0. The Bertz CT molecular complexity index is 956. The first-order valence-corrected chi connectivity index (χ1v) is 10.3. The first-order chi connectivity index (χ1) is 13.5. The average molecular weight is 429 g/mol. The van der Waals surface area contributed by atoms with E-state index in [9.17, 15) is 0 Å². The first kappa shape index (κ1) is 20.1. The Morgan fingerprint density at radius 1 is 0.464 bits per heavy atom. The summed E-state index contributed by atoms with van der Waals surface area (Å²) in [5, 5.41) is 0. The fourth-order valence-electron chi connectivity index (χ4n) is 3.30. The molecule has 0 atom stereocenters. The van der Waals surface area contributed by atoms with E-state index < -0.39 is 0 Å². The van der Waals surface area contributed by atoms with Crippen LogP contribution in [-0.4, -0.2) is 0 Å². The topological polar surface area (TPSA) is 0 Å². The van der Waals surface area contributed by atoms with Gasteiger partial charge in [0.15, 0.2) is 0 Å². The van der Waals surface area contributed by atoms with Crippen LogP contribution in [0.4, 0.5) is 0 Å². The third kappa shape index (κ3) is 5.21. The minimum absolute atomic E-state index is 1.23. The van der Waals surface area contributed by atoms with Crippen LogP contribution in [0.2, 0.25) is 0 Å². The van der Waals surface area contributed by atoms with Gasteiger partial charge in [-0.3, -0.25) is 0 Å². The zero-order chi connectivity index (χ0) is 19.9. The smallest absolute Gasteiger partial charge is 0.0233 e. The largest absolute Gasteiger partial charge is 0.0622 e. The Morgan fingerprint density at radius 2 is 0.857 bits per heavy atom. The highest BCUT2D eigenvalue weighted by atomic mass is 79.9. The van der Waals surface area contributed by atoms with Gasteiger partial charge in [-0.05, 0) is 60.2 Å². The van der Waals surface area contributed by atoms with E-state index in [0.717, 1.165) is 0 Å². The summed E-state index contributed by atoms with van der Waals surface area (Å²) in [4.78, 5) is 0. The van der Waals surface area contributed by atoms with Crippen LogP contribution in [0.3, 0.4) is 0 Å². The number of benzene rings is 4. The number of halogens is 1. The molecule has 4 rings (SSSR count). The lowest BCUT2D eigenvalue weighted by Gasteiger charge is -2.05.